The van der Waals surface area contributed by atoms with Gasteiger partial charge in [-0.2, -0.15) is 12.6 Å². The van der Waals surface area contributed by atoms with E-state index in [1.54, 1.807) is 6.26 Å². The van der Waals surface area contributed by atoms with Gasteiger partial charge < -0.3 is 0 Å². The van der Waals surface area contributed by atoms with Crippen molar-refractivity contribution < 1.29 is 0 Å². The summed E-state index contributed by atoms with van der Waals surface area (Å²) in [6.07, 6.45) is 1.69. The minimum atomic E-state index is 1.69. The Kier molecular flexibility index (Phi) is 512. The second kappa shape index (κ2) is 231. The first-order valence-electron chi connectivity index (χ1n) is 0.781. The van der Waals surface area contributed by atoms with Gasteiger partial charge in [0, 0.05) is 0 Å². The Labute approximate surface area is 31.6 Å². The maximum Gasteiger partial charge on any atom is -0.0215 e. The molecule has 0 aromatic heterocycles. The maximum absolute atomic E-state index is 4.00. The molecular weight excluding hydrogens is 72.1 g/mol. The van der Waals surface area contributed by atoms with Crippen molar-refractivity contribution in [3.63, 3.8) is 0 Å². The van der Waals surface area contributed by atoms with Gasteiger partial charge in [-0.05, 0) is 6.26 Å². The smallest absolute Gasteiger partial charge is 0.0215 e. The minimum absolute atomic E-state index is 1.69. The molecule has 0 atom stereocenters. The Morgan fingerprint density at radius 3 is 1.25 bits per heavy atom. The number of nitrogens with two attached hydrogens (primary N) is 2. The molecule has 0 spiro atoms. The zero-order valence-corrected chi connectivity index (χ0v) is 3.50. The van der Waals surface area contributed by atoms with Crippen LogP contribution in [0.1, 0.15) is 0 Å². The van der Waals surface area contributed by atoms with Gasteiger partial charge in [-0.3, -0.25) is 11.7 Å². The minimum Gasteiger partial charge on any atom is -0.274 e. The maximum atomic E-state index is 4.00. The number of hydrogen-bond donors (Lipinski definition) is 3. The van der Waals surface area contributed by atoms with Gasteiger partial charge in [0.1, 0.15) is 0 Å². The fourth-order valence-electron chi connectivity index (χ4n) is 0. The monoisotopic (exact) mass is 80.0 g/mol. The van der Waals surface area contributed by atoms with E-state index < -0.39 is 0 Å². The van der Waals surface area contributed by atoms with Gasteiger partial charge >= 0.3 is 0 Å². The van der Waals surface area contributed by atoms with Crippen LogP contribution in [-0.2, 0) is 0 Å². The van der Waals surface area contributed by atoms with E-state index in [0.29, 0.717) is 0 Å². The fourth-order valence-corrected chi connectivity index (χ4v) is 0. The van der Waals surface area contributed by atoms with Crippen molar-refractivity contribution in [1.82, 2.24) is 0 Å². The number of hydrogen-bond acceptors (Lipinski definition) is 3. The molecular formula is CH8N2S. The first-order valence-corrected chi connectivity index (χ1v) is 1.67. The van der Waals surface area contributed by atoms with Crippen molar-refractivity contribution >= 4 is 12.6 Å². The van der Waals surface area contributed by atoms with Crippen LogP contribution in [-0.4, -0.2) is 6.26 Å². The third kappa shape index (κ3) is 50.2. The molecule has 0 rings (SSSR count). The molecule has 4 N–H and O–H groups in total. The summed E-state index contributed by atoms with van der Waals surface area (Å²) < 4.78 is 0. The van der Waals surface area contributed by atoms with E-state index in [4.69, 9.17) is 0 Å². The summed E-state index contributed by atoms with van der Waals surface area (Å²) in [5.41, 5.74) is 0. The van der Waals surface area contributed by atoms with Gasteiger partial charge in [-0.15, -0.1) is 0 Å². The van der Waals surface area contributed by atoms with Crippen molar-refractivity contribution in [1.29, 1.82) is 0 Å². The predicted octanol–water partition coefficient (Wildman–Crippen LogP) is -0.635. The molecule has 0 unspecified atom stereocenters. The van der Waals surface area contributed by atoms with Crippen molar-refractivity contribution in [2.75, 3.05) is 6.26 Å². The third-order valence-electron chi connectivity index (χ3n) is 0. The van der Waals surface area contributed by atoms with Gasteiger partial charge in [-0.1, -0.05) is 0 Å². The number of rotatable bonds is 0. The van der Waals surface area contributed by atoms with Gasteiger partial charge in [0.25, 0.3) is 0 Å². The van der Waals surface area contributed by atoms with Crippen LogP contribution in [0.4, 0.5) is 0 Å². The lowest BCUT2D eigenvalue weighted by atomic mass is 12.0. The normalized spacial score (nSPS) is 3.00. The zero-order valence-electron chi connectivity index (χ0n) is 2.60. The quantitative estimate of drug-likeness (QED) is 0.206. The fraction of sp³-hybridized carbons (Fsp3) is 1.00. The topological polar surface area (TPSA) is 52.0 Å². The summed E-state index contributed by atoms with van der Waals surface area (Å²) >= 11 is 3.53. The molecule has 2 nitrogen and oxygen atoms in total. The van der Waals surface area contributed by atoms with Crippen molar-refractivity contribution in [3.05, 3.63) is 0 Å². The third-order valence-corrected chi connectivity index (χ3v) is 0. The van der Waals surface area contributed by atoms with Crippen LogP contribution in [0.25, 0.3) is 0 Å². The highest BCUT2D eigenvalue weighted by molar-refractivity contribution is 7.79. The van der Waals surface area contributed by atoms with Crippen molar-refractivity contribution in [2.45, 2.75) is 0 Å². The highest BCUT2D eigenvalue weighted by atomic mass is 32.1. The van der Waals surface area contributed by atoms with E-state index in [9.17, 15) is 0 Å². The summed E-state index contributed by atoms with van der Waals surface area (Å²) in [6.45, 7) is 0. The van der Waals surface area contributed by atoms with E-state index in [-0.39, 0.29) is 0 Å². The lowest BCUT2D eigenvalue weighted by Gasteiger charge is -1.27. The SMILES string of the molecule is CS.NN. The zero-order chi connectivity index (χ0) is 4.00. The Hall–Kier alpha value is 0.270. The average molecular weight is 80.2 g/mol. The molecule has 28 valence electrons. The number of hydrazine groups is 1. The Morgan fingerprint density at radius 1 is 1.25 bits per heavy atom. The molecule has 0 aromatic carbocycles. The van der Waals surface area contributed by atoms with Gasteiger partial charge in [0.05, 0.1) is 0 Å². The number of thiol groups is 1. The summed E-state index contributed by atoms with van der Waals surface area (Å²) in [4.78, 5) is 0. The van der Waals surface area contributed by atoms with Crippen LogP contribution < -0.4 is 11.7 Å². The lowest BCUT2D eigenvalue weighted by Crippen LogP contribution is -2.02. The van der Waals surface area contributed by atoms with Crippen LogP contribution in [0.15, 0.2) is 0 Å². The molecule has 0 radical (unpaired) electrons. The molecule has 3 heteroatoms. The largest absolute Gasteiger partial charge is 0.274 e. The van der Waals surface area contributed by atoms with E-state index >= 15 is 0 Å². The predicted molar refractivity (Wildman–Crippen MR) is 23.3 cm³/mol. The van der Waals surface area contributed by atoms with Gasteiger partial charge in [0.2, 0.25) is 0 Å². The van der Waals surface area contributed by atoms with E-state index in [1.807, 2.05) is 0 Å². The molecule has 0 saturated heterocycles. The standard InChI is InChI=1S/CH4S.H4N2/c2*1-2/h2H,1H3;1-2H2. The van der Waals surface area contributed by atoms with Gasteiger partial charge in [-0.25, -0.2) is 0 Å². The second-order valence-electron chi connectivity index (χ2n) is 0. The molecule has 0 heterocycles. The lowest BCUT2D eigenvalue weighted by molar-refractivity contribution is 1.26. The molecule has 0 aliphatic heterocycles. The van der Waals surface area contributed by atoms with Gasteiger partial charge in [0.15, 0.2) is 0 Å². The van der Waals surface area contributed by atoms with E-state index in [1.165, 1.54) is 0 Å². The van der Waals surface area contributed by atoms with Crippen LogP contribution in [0.3, 0.4) is 0 Å². The summed E-state index contributed by atoms with van der Waals surface area (Å²) in [5, 5.41) is 0. The van der Waals surface area contributed by atoms with E-state index in [0.717, 1.165) is 0 Å². The molecule has 0 aliphatic carbocycles. The van der Waals surface area contributed by atoms with Crippen LogP contribution in [0.5, 0.6) is 0 Å². The highest BCUT2D eigenvalue weighted by Crippen LogP contribution is 1.31. The molecule has 0 saturated carbocycles. The van der Waals surface area contributed by atoms with Crippen LogP contribution >= 0.6 is 12.6 Å². The molecule has 0 fully saturated rings. The van der Waals surface area contributed by atoms with E-state index in [2.05, 4.69) is 24.3 Å². The summed E-state index contributed by atoms with van der Waals surface area (Å²) in [5.74, 6) is 8.00. The van der Waals surface area contributed by atoms with Crippen molar-refractivity contribution in [3.8, 4) is 0 Å². The molecule has 0 bridgehead atoms. The first kappa shape index (κ1) is 8.86. The Morgan fingerprint density at radius 2 is 1.25 bits per heavy atom. The first-order chi connectivity index (χ1) is 2.00. The molecule has 4 heavy (non-hydrogen) atoms. The second-order valence-corrected chi connectivity index (χ2v) is 0. The Bertz CT molecular complexity index is 6.00. The Balaban J connectivity index is 0. The van der Waals surface area contributed by atoms with Crippen LogP contribution in [0.2, 0.25) is 0 Å². The summed E-state index contributed by atoms with van der Waals surface area (Å²) in [7, 11) is 0. The molecule has 0 amide bonds. The average Bonchev–Trinajstić information content (AvgIpc) is 1.50. The van der Waals surface area contributed by atoms with Crippen molar-refractivity contribution in [2.24, 2.45) is 11.7 Å². The molecule has 0 aliphatic rings. The molecule has 0 aromatic rings. The highest BCUT2D eigenvalue weighted by Gasteiger charge is 0.901. The summed E-state index contributed by atoms with van der Waals surface area (Å²) in [6, 6.07) is 0. The van der Waals surface area contributed by atoms with Crippen LogP contribution in [0, 0.1) is 0 Å².